The Morgan fingerprint density at radius 1 is 1.22 bits per heavy atom. The Labute approximate surface area is 159 Å². The first-order valence-corrected chi connectivity index (χ1v) is 9.24. The van der Waals surface area contributed by atoms with Gasteiger partial charge in [0.05, 0.1) is 10.6 Å². The standard InChI is InChI=1S/C16H10BrIN2O2S/c17-10-1-4-12(5-2-10)19-16-20-15(22)14(23-16)8-9-7-11(18)3-6-13(9)21/h1-8,21H,(H,19,20,22)/b14-8-. The molecule has 0 saturated carbocycles. The lowest BCUT2D eigenvalue weighted by molar-refractivity contribution is -0.115. The number of carbonyl (C=O) groups is 1. The van der Waals surface area contributed by atoms with E-state index >= 15 is 0 Å². The van der Waals surface area contributed by atoms with Crippen molar-refractivity contribution in [2.45, 2.75) is 0 Å². The number of aliphatic imine (C=N–C) groups is 1. The van der Waals surface area contributed by atoms with Crippen LogP contribution in [-0.4, -0.2) is 16.2 Å². The van der Waals surface area contributed by atoms with Gasteiger partial charge in [0.2, 0.25) is 0 Å². The number of amidine groups is 1. The van der Waals surface area contributed by atoms with E-state index in [1.807, 2.05) is 30.3 Å². The number of phenolic OH excluding ortho intramolecular Hbond substituents is 1. The smallest absolute Gasteiger partial charge is 0.264 e. The number of benzene rings is 2. The Bertz CT molecular complexity index is 834. The maximum atomic E-state index is 12.1. The molecule has 1 heterocycles. The number of nitrogens with zero attached hydrogens (tertiary/aromatic N) is 1. The van der Waals surface area contributed by atoms with Gasteiger partial charge in [0.1, 0.15) is 5.75 Å². The largest absolute Gasteiger partial charge is 0.507 e. The van der Waals surface area contributed by atoms with Crippen molar-refractivity contribution in [3.8, 4) is 5.75 Å². The Kier molecular flexibility index (Phi) is 5.08. The normalized spacial score (nSPS) is 17.7. The fraction of sp³-hybridized carbons (Fsp3) is 0. The third-order valence-electron chi connectivity index (χ3n) is 2.98. The van der Waals surface area contributed by atoms with E-state index in [4.69, 9.17) is 0 Å². The van der Waals surface area contributed by atoms with Crippen LogP contribution in [0.25, 0.3) is 6.08 Å². The van der Waals surface area contributed by atoms with E-state index in [-0.39, 0.29) is 11.7 Å². The highest BCUT2D eigenvalue weighted by Crippen LogP contribution is 2.31. The van der Waals surface area contributed by atoms with Gasteiger partial charge in [-0.2, -0.15) is 0 Å². The number of amides is 1. The van der Waals surface area contributed by atoms with Crippen molar-refractivity contribution in [1.29, 1.82) is 0 Å². The van der Waals surface area contributed by atoms with Crippen molar-refractivity contribution in [3.05, 3.63) is 61.0 Å². The molecule has 0 bridgehead atoms. The number of thioether (sulfide) groups is 1. The molecule has 116 valence electrons. The molecule has 3 rings (SSSR count). The summed E-state index contributed by atoms with van der Waals surface area (Å²) in [5, 5.41) is 13.1. The van der Waals surface area contributed by atoms with Gasteiger partial charge in [-0.3, -0.25) is 4.79 Å². The molecule has 2 aromatic carbocycles. The molecule has 1 saturated heterocycles. The van der Waals surface area contributed by atoms with Crippen molar-refractivity contribution in [3.63, 3.8) is 0 Å². The van der Waals surface area contributed by atoms with Crippen LogP contribution >= 0.6 is 50.3 Å². The third-order valence-corrected chi connectivity index (χ3v) is 5.09. The van der Waals surface area contributed by atoms with Crippen LogP contribution in [0.3, 0.4) is 0 Å². The lowest BCUT2D eigenvalue weighted by Gasteiger charge is -2.00. The van der Waals surface area contributed by atoms with E-state index < -0.39 is 0 Å². The minimum Gasteiger partial charge on any atom is -0.507 e. The summed E-state index contributed by atoms with van der Waals surface area (Å²) in [6.07, 6.45) is 1.67. The summed E-state index contributed by atoms with van der Waals surface area (Å²) in [6.45, 7) is 0. The molecule has 0 atom stereocenters. The minimum atomic E-state index is -0.218. The van der Waals surface area contributed by atoms with Crippen molar-refractivity contribution in [1.82, 2.24) is 5.32 Å². The van der Waals surface area contributed by atoms with E-state index in [0.717, 1.165) is 13.7 Å². The van der Waals surface area contributed by atoms with Gasteiger partial charge in [0, 0.05) is 13.6 Å². The van der Waals surface area contributed by atoms with Gasteiger partial charge in [0.15, 0.2) is 5.17 Å². The maximum absolute atomic E-state index is 12.1. The van der Waals surface area contributed by atoms with Crippen molar-refractivity contribution in [2.75, 3.05) is 0 Å². The predicted molar refractivity (Wildman–Crippen MR) is 106 cm³/mol. The molecule has 2 N–H and O–H groups in total. The highest BCUT2D eigenvalue weighted by atomic mass is 127. The number of hydrogen-bond acceptors (Lipinski definition) is 4. The molecule has 0 radical (unpaired) electrons. The topological polar surface area (TPSA) is 61.7 Å². The first-order chi connectivity index (χ1) is 11.0. The molecule has 23 heavy (non-hydrogen) atoms. The van der Waals surface area contributed by atoms with Crippen LogP contribution in [0.1, 0.15) is 5.56 Å². The molecule has 1 amide bonds. The van der Waals surface area contributed by atoms with Gasteiger partial charge in [-0.1, -0.05) is 15.9 Å². The second kappa shape index (κ2) is 7.06. The third kappa shape index (κ3) is 4.15. The number of nitrogens with one attached hydrogen (secondary N) is 1. The maximum Gasteiger partial charge on any atom is 0.264 e. The zero-order valence-corrected chi connectivity index (χ0v) is 16.1. The van der Waals surface area contributed by atoms with E-state index in [9.17, 15) is 9.90 Å². The fourth-order valence-corrected chi connectivity index (χ4v) is 3.51. The van der Waals surface area contributed by atoms with Crippen LogP contribution in [-0.2, 0) is 4.79 Å². The molecule has 1 aliphatic heterocycles. The quantitative estimate of drug-likeness (QED) is 0.466. The van der Waals surface area contributed by atoms with Gasteiger partial charge in [0.25, 0.3) is 5.91 Å². The molecule has 0 unspecified atom stereocenters. The van der Waals surface area contributed by atoms with Gasteiger partial charge in [-0.15, -0.1) is 0 Å². The number of rotatable bonds is 2. The predicted octanol–water partition coefficient (Wildman–Crippen LogP) is 4.65. The van der Waals surface area contributed by atoms with Gasteiger partial charge in [-0.25, -0.2) is 4.99 Å². The molecule has 2 aromatic rings. The average Bonchev–Trinajstić information content (AvgIpc) is 2.85. The van der Waals surface area contributed by atoms with Crippen LogP contribution in [0.4, 0.5) is 5.69 Å². The summed E-state index contributed by atoms with van der Waals surface area (Å²) in [5.74, 6) is -0.0752. The zero-order chi connectivity index (χ0) is 16.4. The Morgan fingerprint density at radius 3 is 2.70 bits per heavy atom. The highest BCUT2D eigenvalue weighted by molar-refractivity contribution is 14.1. The van der Waals surface area contributed by atoms with Crippen LogP contribution < -0.4 is 5.32 Å². The number of hydrogen-bond donors (Lipinski definition) is 2. The summed E-state index contributed by atoms with van der Waals surface area (Å²) in [5.41, 5.74) is 1.37. The van der Waals surface area contributed by atoms with Gasteiger partial charge < -0.3 is 10.4 Å². The lowest BCUT2D eigenvalue weighted by atomic mass is 10.2. The van der Waals surface area contributed by atoms with Gasteiger partial charge >= 0.3 is 0 Å². The Morgan fingerprint density at radius 2 is 1.96 bits per heavy atom. The lowest BCUT2D eigenvalue weighted by Crippen LogP contribution is -2.19. The summed E-state index contributed by atoms with van der Waals surface area (Å²) in [4.78, 5) is 17.0. The second-order valence-corrected chi connectivity index (χ2v) is 7.85. The van der Waals surface area contributed by atoms with Gasteiger partial charge in [-0.05, 0) is 82.9 Å². The Balaban J connectivity index is 1.86. The Hall–Kier alpha value is -1.32. The van der Waals surface area contributed by atoms with E-state index in [2.05, 4.69) is 48.8 Å². The van der Waals surface area contributed by atoms with Crippen molar-refractivity contribution >= 4 is 73.1 Å². The SMILES string of the molecule is O=C1NC(=Nc2ccc(Br)cc2)S/C1=C\c1cc(I)ccc1O. The minimum absolute atomic E-state index is 0.143. The van der Waals surface area contributed by atoms with E-state index in [1.54, 1.807) is 18.2 Å². The molecular weight excluding hydrogens is 491 g/mol. The highest BCUT2D eigenvalue weighted by Gasteiger charge is 2.24. The van der Waals surface area contributed by atoms with Crippen LogP contribution in [0, 0.1) is 3.57 Å². The molecule has 1 fully saturated rings. The number of aromatic hydroxyl groups is 1. The average molecular weight is 501 g/mol. The van der Waals surface area contributed by atoms with Crippen LogP contribution in [0.15, 0.2) is 56.8 Å². The summed E-state index contributed by atoms with van der Waals surface area (Å²) >= 11 is 6.78. The van der Waals surface area contributed by atoms with Crippen molar-refractivity contribution in [2.24, 2.45) is 4.99 Å². The molecular formula is C16H10BrIN2O2S. The van der Waals surface area contributed by atoms with Crippen LogP contribution in [0.5, 0.6) is 5.75 Å². The number of phenols is 1. The van der Waals surface area contributed by atoms with E-state index in [1.165, 1.54) is 11.8 Å². The van der Waals surface area contributed by atoms with Crippen molar-refractivity contribution < 1.29 is 9.90 Å². The van der Waals surface area contributed by atoms with E-state index in [0.29, 0.717) is 15.6 Å². The van der Waals surface area contributed by atoms with Crippen LogP contribution in [0.2, 0.25) is 0 Å². The summed E-state index contributed by atoms with van der Waals surface area (Å²) in [7, 11) is 0. The molecule has 0 aliphatic carbocycles. The monoisotopic (exact) mass is 500 g/mol. The summed E-state index contributed by atoms with van der Waals surface area (Å²) < 4.78 is 1.96. The number of carbonyl (C=O) groups excluding carboxylic acids is 1. The fourth-order valence-electron chi connectivity index (χ4n) is 1.90. The first-order valence-electron chi connectivity index (χ1n) is 6.55. The molecule has 1 aliphatic rings. The summed E-state index contributed by atoms with van der Waals surface area (Å²) in [6, 6.07) is 12.7. The first kappa shape index (κ1) is 16.5. The number of halogens is 2. The zero-order valence-electron chi connectivity index (χ0n) is 11.6. The molecule has 0 aromatic heterocycles. The molecule has 7 heteroatoms. The second-order valence-electron chi connectivity index (χ2n) is 4.66. The molecule has 4 nitrogen and oxygen atoms in total. The molecule has 0 spiro atoms.